The topological polar surface area (TPSA) is 29.3 Å². The second kappa shape index (κ2) is 5.09. The molecule has 0 unspecified atom stereocenters. The smallest absolute Gasteiger partial charge is 0.0366 e. The number of nitrogens with zero attached hydrogens (tertiary/aromatic N) is 1. The fraction of sp³-hybridized carbons (Fsp3) is 0.600. The number of aryl methyl sites for hydroxylation is 1. The molecule has 2 heteroatoms. The molecular weight excluding hydrogens is 208 g/mol. The van der Waals surface area contributed by atoms with Crippen molar-refractivity contribution in [3.8, 4) is 0 Å². The van der Waals surface area contributed by atoms with Gasteiger partial charge in [0.2, 0.25) is 0 Å². The lowest BCUT2D eigenvalue weighted by Gasteiger charge is -2.42. The Morgan fingerprint density at radius 1 is 1.35 bits per heavy atom. The standard InChI is InChI=1S/C15H24N2/c1-13-5-3-6-14(11-13)17(2)10-9-15(12-16)7-4-8-15/h3,5-6,11H,4,7-10,12,16H2,1-2H3. The van der Waals surface area contributed by atoms with Crippen molar-refractivity contribution in [2.24, 2.45) is 11.1 Å². The van der Waals surface area contributed by atoms with E-state index in [1.165, 1.54) is 36.9 Å². The third-order valence-electron chi connectivity index (χ3n) is 4.27. The van der Waals surface area contributed by atoms with Gasteiger partial charge in [-0.25, -0.2) is 0 Å². The highest BCUT2D eigenvalue weighted by atomic mass is 15.1. The highest BCUT2D eigenvalue weighted by Crippen LogP contribution is 2.43. The first-order chi connectivity index (χ1) is 8.15. The molecule has 94 valence electrons. The Morgan fingerprint density at radius 3 is 2.65 bits per heavy atom. The summed E-state index contributed by atoms with van der Waals surface area (Å²) in [5, 5.41) is 0. The van der Waals surface area contributed by atoms with E-state index in [-0.39, 0.29) is 0 Å². The van der Waals surface area contributed by atoms with Crippen molar-refractivity contribution in [1.29, 1.82) is 0 Å². The molecule has 17 heavy (non-hydrogen) atoms. The molecule has 0 aromatic heterocycles. The number of benzene rings is 1. The lowest BCUT2D eigenvalue weighted by Crippen LogP contribution is -2.40. The molecule has 1 aromatic carbocycles. The monoisotopic (exact) mass is 232 g/mol. The predicted octanol–water partition coefficient (Wildman–Crippen LogP) is 2.95. The van der Waals surface area contributed by atoms with Crippen molar-refractivity contribution in [3.63, 3.8) is 0 Å². The molecule has 2 rings (SSSR count). The summed E-state index contributed by atoms with van der Waals surface area (Å²) < 4.78 is 0. The first-order valence-corrected chi connectivity index (χ1v) is 6.63. The molecule has 0 radical (unpaired) electrons. The van der Waals surface area contributed by atoms with E-state index in [4.69, 9.17) is 5.73 Å². The van der Waals surface area contributed by atoms with Gasteiger partial charge in [-0.1, -0.05) is 18.6 Å². The van der Waals surface area contributed by atoms with Gasteiger partial charge >= 0.3 is 0 Å². The van der Waals surface area contributed by atoms with E-state index in [1.807, 2.05) is 0 Å². The minimum absolute atomic E-state index is 0.456. The molecule has 1 fully saturated rings. The molecule has 0 spiro atoms. The zero-order chi connectivity index (χ0) is 12.3. The first-order valence-electron chi connectivity index (χ1n) is 6.63. The van der Waals surface area contributed by atoms with Crippen molar-refractivity contribution in [2.75, 3.05) is 25.0 Å². The van der Waals surface area contributed by atoms with E-state index in [2.05, 4.69) is 43.1 Å². The zero-order valence-corrected chi connectivity index (χ0v) is 11.1. The highest BCUT2D eigenvalue weighted by Gasteiger charge is 2.35. The van der Waals surface area contributed by atoms with Crippen LogP contribution >= 0.6 is 0 Å². The summed E-state index contributed by atoms with van der Waals surface area (Å²) in [6.45, 7) is 4.11. The molecular formula is C15H24N2. The Kier molecular flexibility index (Phi) is 3.72. The van der Waals surface area contributed by atoms with Gasteiger partial charge in [-0.2, -0.15) is 0 Å². The van der Waals surface area contributed by atoms with Gasteiger partial charge < -0.3 is 10.6 Å². The number of anilines is 1. The second-order valence-electron chi connectivity index (χ2n) is 5.57. The van der Waals surface area contributed by atoms with Crippen LogP contribution < -0.4 is 10.6 Å². The number of hydrogen-bond donors (Lipinski definition) is 1. The molecule has 1 aliphatic carbocycles. The first kappa shape index (κ1) is 12.4. The van der Waals surface area contributed by atoms with Crippen LogP contribution in [0.15, 0.2) is 24.3 Å². The largest absolute Gasteiger partial charge is 0.375 e. The normalized spacial score (nSPS) is 17.6. The molecule has 1 saturated carbocycles. The zero-order valence-electron chi connectivity index (χ0n) is 11.1. The van der Waals surface area contributed by atoms with Gasteiger partial charge in [0.1, 0.15) is 0 Å². The minimum atomic E-state index is 0.456. The number of rotatable bonds is 5. The van der Waals surface area contributed by atoms with Crippen molar-refractivity contribution in [3.05, 3.63) is 29.8 Å². The van der Waals surface area contributed by atoms with E-state index in [1.54, 1.807) is 0 Å². The van der Waals surface area contributed by atoms with E-state index < -0.39 is 0 Å². The van der Waals surface area contributed by atoms with E-state index >= 15 is 0 Å². The van der Waals surface area contributed by atoms with E-state index in [9.17, 15) is 0 Å². The summed E-state index contributed by atoms with van der Waals surface area (Å²) in [6.07, 6.45) is 5.25. The van der Waals surface area contributed by atoms with Gasteiger partial charge in [-0.05, 0) is 55.8 Å². The SMILES string of the molecule is Cc1cccc(N(C)CCC2(CN)CCC2)c1. The molecule has 1 aromatic rings. The van der Waals surface area contributed by atoms with Gasteiger partial charge in [0.15, 0.2) is 0 Å². The lowest BCUT2D eigenvalue weighted by molar-refractivity contribution is 0.134. The van der Waals surface area contributed by atoms with Crippen molar-refractivity contribution in [1.82, 2.24) is 0 Å². The quantitative estimate of drug-likeness (QED) is 0.845. The number of nitrogens with two attached hydrogens (primary N) is 1. The molecule has 0 amide bonds. The summed E-state index contributed by atoms with van der Waals surface area (Å²) in [7, 11) is 2.18. The van der Waals surface area contributed by atoms with Crippen molar-refractivity contribution in [2.45, 2.75) is 32.6 Å². The minimum Gasteiger partial charge on any atom is -0.375 e. The summed E-state index contributed by atoms with van der Waals surface area (Å²) in [6, 6.07) is 8.70. The molecule has 0 saturated heterocycles. The molecule has 0 atom stereocenters. The van der Waals surface area contributed by atoms with Crippen molar-refractivity contribution >= 4 is 5.69 Å². The second-order valence-corrected chi connectivity index (χ2v) is 5.57. The third-order valence-corrected chi connectivity index (χ3v) is 4.27. The average molecular weight is 232 g/mol. The maximum absolute atomic E-state index is 5.90. The predicted molar refractivity (Wildman–Crippen MR) is 74.4 cm³/mol. The van der Waals surface area contributed by atoms with Crippen LogP contribution in [0.2, 0.25) is 0 Å². The summed E-state index contributed by atoms with van der Waals surface area (Å²) in [4.78, 5) is 2.35. The molecule has 2 N–H and O–H groups in total. The maximum atomic E-state index is 5.90. The Labute approximate surface area is 105 Å². The van der Waals surface area contributed by atoms with E-state index in [0.717, 1.165) is 13.1 Å². The Morgan fingerprint density at radius 2 is 2.12 bits per heavy atom. The highest BCUT2D eigenvalue weighted by molar-refractivity contribution is 5.47. The Balaban J connectivity index is 1.91. The van der Waals surface area contributed by atoms with Gasteiger partial charge in [0.25, 0.3) is 0 Å². The van der Waals surface area contributed by atoms with Gasteiger partial charge in [0, 0.05) is 19.3 Å². The Bertz CT molecular complexity index is 363. The maximum Gasteiger partial charge on any atom is 0.0366 e. The van der Waals surface area contributed by atoms with Crippen LogP contribution in [-0.2, 0) is 0 Å². The average Bonchev–Trinajstić information content (AvgIpc) is 2.28. The van der Waals surface area contributed by atoms with Gasteiger partial charge in [-0.15, -0.1) is 0 Å². The Hall–Kier alpha value is -1.02. The summed E-state index contributed by atoms with van der Waals surface area (Å²) >= 11 is 0. The van der Waals surface area contributed by atoms with Crippen LogP contribution in [0, 0.1) is 12.3 Å². The van der Waals surface area contributed by atoms with Crippen LogP contribution in [0.5, 0.6) is 0 Å². The molecule has 1 aliphatic rings. The van der Waals surface area contributed by atoms with Crippen LogP contribution in [0.3, 0.4) is 0 Å². The van der Waals surface area contributed by atoms with E-state index in [0.29, 0.717) is 5.41 Å². The molecule has 0 heterocycles. The number of hydrogen-bond acceptors (Lipinski definition) is 2. The van der Waals surface area contributed by atoms with Crippen LogP contribution in [0.25, 0.3) is 0 Å². The van der Waals surface area contributed by atoms with Crippen molar-refractivity contribution < 1.29 is 0 Å². The molecule has 0 bridgehead atoms. The van der Waals surface area contributed by atoms with Gasteiger partial charge in [-0.3, -0.25) is 0 Å². The summed E-state index contributed by atoms with van der Waals surface area (Å²) in [5.41, 5.74) is 9.00. The molecule has 2 nitrogen and oxygen atoms in total. The fourth-order valence-electron chi connectivity index (χ4n) is 2.63. The third kappa shape index (κ3) is 2.81. The fourth-order valence-corrected chi connectivity index (χ4v) is 2.63. The van der Waals surface area contributed by atoms with Crippen LogP contribution in [-0.4, -0.2) is 20.1 Å². The summed E-state index contributed by atoms with van der Waals surface area (Å²) in [5.74, 6) is 0. The lowest BCUT2D eigenvalue weighted by atomic mass is 9.66. The molecule has 0 aliphatic heterocycles. The van der Waals surface area contributed by atoms with Crippen LogP contribution in [0.1, 0.15) is 31.2 Å². The van der Waals surface area contributed by atoms with Crippen LogP contribution in [0.4, 0.5) is 5.69 Å². The van der Waals surface area contributed by atoms with Gasteiger partial charge in [0.05, 0.1) is 0 Å².